The lowest BCUT2D eigenvalue weighted by Crippen LogP contribution is -2.44. The summed E-state index contributed by atoms with van der Waals surface area (Å²) in [6.45, 7) is 5.26. The maximum absolute atomic E-state index is 5.79. The van der Waals surface area contributed by atoms with E-state index in [0.717, 1.165) is 38.4 Å². The van der Waals surface area contributed by atoms with Crippen LogP contribution in [0.1, 0.15) is 5.69 Å². The molecule has 1 aliphatic rings. The molecule has 2 rings (SSSR count). The van der Waals surface area contributed by atoms with Crippen LogP contribution in [0.2, 0.25) is 5.15 Å². The van der Waals surface area contributed by atoms with E-state index in [1.54, 1.807) is 12.4 Å². The molecule has 1 aliphatic heterocycles. The summed E-state index contributed by atoms with van der Waals surface area (Å²) in [5.74, 6) is 0. The van der Waals surface area contributed by atoms with E-state index in [4.69, 9.17) is 11.6 Å². The van der Waals surface area contributed by atoms with Crippen molar-refractivity contribution in [3.8, 4) is 0 Å². The monoisotopic (exact) mass is 226 g/mol. The van der Waals surface area contributed by atoms with E-state index in [0.29, 0.717) is 5.15 Å². The smallest absolute Gasteiger partial charge is 0.147 e. The minimum Gasteiger partial charge on any atom is -0.304 e. The van der Waals surface area contributed by atoms with Crippen molar-refractivity contribution in [1.29, 1.82) is 0 Å². The van der Waals surface area contributed by atoms with Crippen LogP contribution in [0.4, 0.5) is 0 Å². The summed E-state index contributed by atoms with van der Waals surface area (Å²) in [5, 5.41) is 0.474. The Balaban J connectivity index is 1.92. The van der Waals surface area contributed by atoms with E-state index >= 15 is 0 Å². The Bertz CT molecular complexity index is 323. The van der Waals surface area contributed by atoms with Crippen molar-refractivity contribution >= 4 is 11.6 Å². The first-order chi connectivity index (χ1) is 7.24. The van der Waals surface area contributed by atoms with Gasteiger partial charge in [0.15, 0.2) is 0 Å². The molecule has 0 N–H and O–H groups in total. The summed E-state index contributed by atoms with van der Waals surface area (Å²) in [5.41, 5.74) is 0.951. The Kier molecular flexibility index (Phi) is 3.51. The lowest BCUT2D eigenvalue weighted by Gasteiger charge is -2.31. The van der Waals surface area contributed by atoms with Crippen LogP contribution in [0.15, 0.2) is 12.4 Å². The van der Waals surface area contributed by atoms with Crippen LogP contribution in [0.25, 0.3) is 0 Å². The van der Waals surface area contributed by atoms with Gasteiger partial charge in [0, 0.05) is 38.9 Å². The SMILES string of the molecule is CN1CCN(Cc2cncc(Cl)n2)CC1. The molecule has 82 valence electrons. The zero-order valence-corrected chi connectivity index (χ0v) is 9.61. The zero-order valence-electron chi connectivity index (χ0n) is 8.86. The standard InChI is InChI=1S/C10H15ClN4/c1-14-2-4-15(5-3-14)8-9-6-12-7-10(11)13-9/h6-7H,2-5,8H2,1H3. The van der Waals surface area contributed by atoms with Gasteiger partial charge in [0.2, 0.25) is 0 Å². The van der Waals surface area contributed by atoms with Gasteiger partial charge in [0.05, 0.1) is 11.9 Å². The van der Waals surface area contributed by atoms with Gasteiger partial charge in [-0.05, 0) is 7.05 Å². The lowest BCUT2D eigenvalue weighted by atomic mass is 10.3. The third-order valence-corrected chi connectivity index (χ3v) is 2.82. The van der Waals surface area contributed by atoms with Crippen LogP contribution in [-0.2, 0) is 6.54 Å². The van der Waals surface area contributed by atoms with Gasteiger partial charge in [-0.3, -0.25) is 9.88 Å². The summed E-state index contributed by atoms with van der Waals surface area (Å²) in [6, 6.07) is 0. The van der Waals surface area contributed by atoms with E-state index in [-0.39, 0.29) is 0 Å². The van der Waals surface area contributed by atoms with Crippen molar-refractivity contribution < 1.29 is 0 Å². The molecule has 1 fully saturated rings. The number of piperazine rings is 1. The quantitative estimate of drug-likeness (QED) is 0.750. The van der Waals surface area contributed by atoms with E-state index < -0.39 is 0 Å². The zero-order chi connectivity index (χ0) is 10.7. The van der Waals surface area contributed by atoms with Crippen molar-refractivity contribution in [3.63, 3.8) is 0 Å². The molecule has 1 aromatic heterocycles. The van der Waals surface area contributed by atoms with Gasteiger partial charge >= 0.3 is 0 Å². The van der Waals surface area contributed by atoms with Crippen molar-refractivity contribution in [2.24, 2.45) is 0 Å². The van der Waals surface area contributed by atoms with Gasteiger partial charge in [0.1, 0.15) is 5.15 Å². The molecule has 0 saturated carbocycles. The maximum Gasteiger partial charge on any atom is 0.147 e. The fourth-order valence-electron chi connectivity index (χ4n) is 1.69. The number of nitrogens with zero attached hydrogens (tertiary/aromatic N) is 4. The van der Waals surface area contributed by atoms with Crippen LogP contribution in [0, 0.1) is 0 Å². The lowest BCUT2D eigenvalue weighted by molar-refractivity contribution is 0.147. The first kappa shape index (κ1) is 10.8. The first-order valence-electron chi connectivity index (χ1n) is 5.11. The third kappa shape index (κ3) is 3.12. The summed E-state index contributed by atoms with van der Waals surface area (Å²) < 4.78 is 0. The topological polar surface area (TPSA) is 32.3 Å². The summed E-state index contributed by atoms with van der Waals surface area (Å²) in [4.78, 5) is 13.0. The van der Waals surface area contributed by atoms with E-state index in [1.165, 1.54) is 0 Å². The molecule has 0 atom stereocenters. The van der Waals surface area contributed by atoms with Crippen LogP contribution in [0.3, 0.4) is 0 Å². The van der Waals surface area contributed by atoms with Crippen molar-refractivity contribution in [2.45, 2.75) is 6.54 Å². The van der Waals surface area contributed by atoms with Crippen LogP contribution >= 0.6 is 11.6 Å². The molecule has 1 saturated heterocycles. The highest BCUT2D eigenvalue weighted by Gasteiger charge is 2.14. The number of hydrogen-bond donors (Lipinski definition) is 0. The number of halogens is 1. The largest absolute Gasteiger partial charge is 0.304 e. The molecule has 0 amide bonds. The Morgan fingerprint density at radius 1 is 1.27 bits per heavy atom. The molecule has 5 heteroatoms. The second-order valence-electron chi connectivity index (χ2n) is 3.91. The third-order valence-electron chi connectivity index (χ3n) is 2.64. The summed E-state index contributed by atoms with van der Waals surface area (Å²) >= 11 is 5.79. The van der Waals surface area contributed by atoms with Crippen molar-refractivity contribution in [1.82, 2.24) is 19.8 Å². The number of aromatic nitrogens is 2. The van der Waals surface area contributed by atoms with Gasteiger partial charge in [0.25, 0.3) is 0 Å². The predicted molar refractivity (Wildman–Crippen MR) is 59.8 cm³/mol. The molecule has 0 unspecified atom stereocenters. The average molecular weight is 227 g/mol. The fourth-order valence-corrected chi connectivity index (χ4v) is 1.86. The molecule has 4 nitrogen and oxygen atoms in total. The van der Waals surface area contributed by atoms with Gasteiger partial charge < -0.3 is 4.90 Å². The Morgan fingerprint density at radius 2 is 2.00 bits per heavy atom. The molecular weight excluding hydrogens is 212 g/mol. The summed E-state index contributed by atoms with van der Waals surface area (Å²) in [7, 11) is 2.15. The second kappa shape index (κ2) is 4.88. The molecular formula is C10H15ClN4. The van der Waals surface area contributed by atoms with Gasteiger partial charge in [-0.25, -0.2) is 4.98 Å². The van der Waals surface area contributed by atoms with E-state index in [2.05, 4.69) is 26.8 Å². The van der Waals surface area contributed by atoms with Gasteiger partial charge in [-0.2, -0.15) is 0 Å². The fraction of sp³-hybridized carbons (Fsp3) is 0.600. The molecule has 0 radical (unpaired) electrons. The van der Waals surface area contributed by atoms with Gasteiger partial charge in [-0.15, -0.1) is 0 Å². The molecule has 0 bridgehead atoms. The van der Waals surface area contributed by atoms with Crippen LogP contribution in [0.5, 0.6) is 0 Å². The second-order valence-corrected chi connectivity index (χ2v) is 4.30. The average Bonchev–Trinajstić information content (AvgIpc) is 2.22. The normalized spacial score (nSPS) is 19.3. The Hall–Kier alpha value is -0.710. The molecule has 15 heavy (non-hydrogen) atoms. The molecule has 1 aromatic rings. The molecule has 0 aliphatic carbocycles. The Morgan fingerprint density at radius 3 is 2.67 bits per heavy atom. The van der Waals surface area contributed by atoms with Crippen molar-refractivity contribution in [3.05, 3.63) is 23.2 Å². The highest BCUT2D eigenvalue weighted by molar-refractivity contribution is 6.29. The van der Waals surface area contributed by atoms with Gasteiger partial charge in [-0.1, -0.05) is 11.6 Å². The number of rotatable bonds is 2. The van der Waals surface area contributed by atoms with Crippen molar-refractivity contribution in [2.75, 3.05) is 33.2 Å². The number of hydrogen-bond acceptors (Lipinski definition) is 4. The van der Waals surface area contributed by atoms with Crippen LogP contribution in [-0.4, -0.2) is 53.0 Å². The molecule has 0 aromatic carbocycles. The minimum atomic E-state index is 0.474. The first-order valence-corrected chi connectivity index (χ1v) is 5.49. The van der Waals surface area contributed by atoms with Crippen LogP contribution < -0.4 is 0 Å². The van der Waals surface area contributed by atoms with E-state index in [1.807, 2.05) is 0 Å². The molecule has 0 spiro atoms. The minimum absolute atomic E-state index is 0.474. The summed E-state index contributed by atoms with van der Waals surface area (Å²) in [6.07, 6.45) is 3.35. The van der Waals surface area contributed by atoms with E-state index in [9.17, 15) is 0 Å². The highest BCUT2D eigenvalue weighted by atomic mass is 35.5. The number of likely N-dealkylation sites (N-methyl/N-ethyl adjacent to an activating group) is 1. The molecule has 2 heterocycles. The maximum atomic E-state index is 5.79. The predicted octanol–water partition coefficient (Wildman–Crippen LogP) is 0.877. The highest BCUT2D eigenvalue weighted by Crippen LogP contribution is 2.07. The Labute approximate surface area is 94.9 Å².